The van der Waals surface area contributed by atoms with Gasteiger partial charge < -0.3 is 10.1 Å². The van der Waals surface area contributed by atoms with E-state index in [0.29, 0.717) is 11.4 Å². The van der Waals surface area contributed by atoms with Crippen molar-refractivity contribution < 1.29 is 14.3 Å². The van der Waals surface area contributed by atoms with Gasteiger partial charge in [0.2, 0.25) is 0 Å². The molecule has 2 rings (SSSR count). The van der Waals surface area contributed by atoms with Gasteiger partial charge >= 0.3 is 5.97 Å². The van der Waals surface area contributed by atoms with E-state index in [4.69, 9.17) is 39.5 Å². The van der Waals surface area contributed by atoms with Gasteiger partial charge in [0, 0.05) is 11.4 Å². The van der Waals surface area contributed by atoms with Crippen LogP contribution in [0.4, 0.5) is 0 Å². The van der Waals surface area contributed by atoms with Gasteiger partial charge in [0.15, 0.2) is 6.61 Å². The molecule has 0 saturated heterocycles. The average molecular weight is 365 g/mol. The first kappa shape index (κ1) is 17.4. The lowest BCUT2D eigenvalue weighted by atomic mass is 10.1. The van der Waals surface area contributed by atoms with Crippen LogP contribution in [0.3, 0.4) is 0 Å². The largest absolute Gasteiger partial charge is 0.455 e. The summed E-state index contributed by atoms with van der Waals surface area (Å²) >= 11 is 17.7. The van der Waals surface area contributed by atoms with Crippen LogP contribution in [0.1, 0.15) is 31.9 Å². The predicted octanol–water partition coefficient (Wildman–Crippen LogP) is 3.64. The van der Waals surface area contributed by atoms with Crippen molar-refractivity contribution in [2.24, 2.45) is 5.41 Å². The molecule has 0 unspecified atom stereocenters. The molecule has 1 amide bonds. The molecular weight excluding hydrogens is 349 g/mol. The zero-order valence-electron chi connectivity index (χ0n) is 12.2. The maximum atomic E-state index is 11.9. The third kappa shape index (κ3) is 3.67. The van der Waals surface area contributed by atoms with E-state index in [1.807, 2.05) is 13.0 Å². The molecule has 0 bridgehead atoms. The highest BCUT2D eigenvalue weighted by Gasteiger charge is 2.69. The van der Waals surface area contributed by atoms with Crippen LogP contribution in [0.2, 0.25) is 5.02 Å². The molecule has 0 heterocycles. The smallest absolute Gasteiger partial charge is 0.315 e. The molecule has 7 heteroatoms. The quantitative estimate of drug-likeness (QED) is 0.641. The number of esters is 1. The number of benzene rings is 1. The minimum Gasteiger partial charge on any atom is -0.455 e. The number of amides is 1. The summed E-state index contributed by atoms with van der Waals surface area (Å²) in [7, 11) is 0. The van der Waals surface area contributed by atoms with Gasteiger partial charge in [-0.15, -0.1) is 23.2 Å². The minimum absolute atomic E-state index is 0.249. The molecule has 1 fully saturated rings. The van der Waals surface area contributed by atoms with Crippen molar-refractivity contribution in [3.05, 3.63) is 34.9 Å². The monoisotopic (exact) mass is 363 g/mol. The Morgan fingerprint density at radius 1 is 1.41 bits per heavy atom. The Kier molecular flexibility index (Phi) is 4.95. The molecule has 1 saturated carbocycles. The van der Waals surface area contributed by atoms with Gasteiger partial charge in [-0.25, -0.2) is 0 Å². The summed E-state index contributed by atoms with van der Waals surface area (Å²) in [5.41, 5.74) is -0.0727. The van der Waals surface area contributed by atoms with E-state index in [9.17, 15) is 9.59 Å². The van der Waals surface area contributed by atoms with Crippen LogP contribution >= 0.6 is 34.8 Å². The van der Waals surface area contributed by atoms with Gasteiger partial charge in [-0.2, -0.15) is 0 Å². The third-order valence-corrected chi connectivity index (χ3v) is 5.11. The zero-order valence-corrected chi connectivity index (χ0v) is 14.4. The number of carbonyl (C=O) groups excluding carboxylic acids is 2. The van der Waals surface area contributed by atoms with Gasteiger partial charge in [-0.05, 0) is 31.5 Å². The van der Waals surface area contributed by atoms with Crippen molar-refractivity contribution >= 4 is 46.7 Å². The van der Waals surface area contributed by atoms with Gasteiger partial charge in [-0.3, -0.25) is 9.59 Å². The first-order valence-electron chi connectivity index (χ1n) is 6.75. The van der Waals surface area contributed by atoms with Crippen LogP contribution < -0.4 is 5.32 Å². The number of halogens is 3. The van der Waals surface area contributed by atoms with Crippen LogP contribution in [-0.2, 0) is 14.3 Å². The van der Waals surface area contributed by atoms with Crippen LogP contribution in [-0.4, -0.2) is 22.8 Å². The highest BCUT2D eigenvalue weighted by molar-refractivity contribution is 6.53. The van der Waals surface area contributed by atoms with E-state index in [1.54, 1.807) is 25.1 Å². The summed E-state index contributed by atoms with van der Waals surface area (Å²) in [4.78, 5) is 23.7. The van der Waals surface area contributed by atoms with Crippen molar-refractivity contribution in [1.29, 1.82) is 0 Å². The molecule has 1 aromatic carbocycles. The van der Waals surface area contributed by atoms with Crippen molar-refractivity contribution in [1.82, 2.24) is 5.32 Å². The van der Waals surface area contributed by atoms with Crippen LogP contribution in [0.5, 0.6) is 0 Å². The molecule has 1 aromatic rings. The Morgan fingerprint density at radius 2 is 2.05 bits per heavy atom. The maximum absolute atomic E-state index is 11.9. The fourth-order valence-corrected chi connectivity index (χ4v) is 2.94. The van der Waals surface area contributed by atoms with Crippen LogP contribution in [0.15, 0.2) is 24.3 Å². The molecule has 0 spiro atoms. The standard InChI is InChI=1S/C15H16Cl3NO3/c1-9(10-4-3-5-11(16)6-10)19-12(20)7-22-13(21)14(2)8-15(14,17)18/h3-6,9H,7-8H2,1-2H3,(H,19,20)/t9-,14-/m1/s1. The van der Waals surface area contributed by atoms with Gasteiger partial charge in [0.05, 0.1) is 6.04 Å². The van der Waals surface area contributed by atoms with Crippen molar-refractivity contribution in [2.45, 2.75) is 30.6 Å². The molecule has 1 N–H and O–H groups in total. The van der Waals surface area contributed by atoms with Crippen molar-refractivity contribution in [2.75, 3.05) is 6.61 Å². The van der Waals surface area contributed by atoms with E-state index < -0.39 is 21.6 Å². The normalized spacial score (nSPS) is 23.5. The summed E-state index contributed by atoms with van der Waals surface area (Å²) in [6.45, 7) is 3.06. The number of ether oxygens (including phenoxy) is 1. The molecule has 0 radical (unpaired) electrons. The van der Waals surface area contributed by atoms with Gasteiger partial charge in [-0.1, -0.05) is 23.7 Å². The van der Waals surface area contributed by atoms with E-state index >= 15 is 0 Å². The first-order valence-corrected chi connectivity index (χ1v) is 7.89. The summed E-state index contributed by atoms with van der Waals surface area (Å²) < 4.78 is 3.88. The highest BCUT2D eigenvalue weighted by Crippen LogP contribution is 2.64. The number of carbonyl (C=O) groups is 2. The number of hydrogen-bond acceptors (Lipinski definition) is 3. The second-order valence-electron chi connectivity index (χ2n) is 5.63. The van der Waals surface area contributed by atoms with E-state index in [0.717, 1.165) is 5.56 Å². The Hall–Kier alpha value is -0.970. The summed E-state index contributed by atoms with van der Waals surface area (Å²) in [5, 5.41) is 3.32. The topological polar surface area (TPSA) is 55.4 Å². The second-order valence-corrected chi connectivity index (χ2v) is 7.55. The van der Waals surface area contributed by atoms with E-state index in [-0.39, 0.29) is 12.6 Å². The average Bonchev–Trinajstić information content (AvgIpc) is 2.96. The van der Waals surface area contributed by atoms with Crippen molar-refractivity contribution in [3.8, 4) is 0 Å². The Labute approximate surface area is 144 Å². The Bertz CT molecular complexity index is 605. The summed E-state index contributed by atoms with van der Waals surface area (Å²) in [6.07, 6.45) is 0.322. The molecule has 1 aliphatic rings. The molecular formula is C15H16Cl3NO3. The lowest BCUT2D eigenvalue weighted by molar-refractivity contribution is -0.153. The molecule has 4 nitrogen and oxygen atoms in total. The van der Waals surface area contributed by atoms with Gasteiger partial charge in [0.25, 0.3) is 5.91 Å². The Balaban J connectivity index is 1.82. The predicted molar refractivity (Wildman–Crippen MR) is 86.1 cm³/mol. The molecule has 1 aliphatic carbocycles. The van der Waals surface area contributed by atoms with Crippen LogP contribution in [0, 0.1) is 5.41 Å². The molecule has 0 aromatic heterocycles. The molecule has 0 aliphatic heterocycles. The molecule has 2 atom stereocenters. The lowest BCUT2D eigenvalue weighted by Crippen LogP contribution is -2.33. The maximum Gasteiger partial charge on any atom is 0.315 e. The number of rotatable bonds is 5. The third-order valence-electron chi connectivity index (χ3n) is 3.77. The summed E-state index contributed by atoms with van der Waals surface area (Å²) in [5.74, 6) is -0.970. The van der Waals surface area contributed by atoms with Gasteiger partial charge in [0.1, 0.15) is 9.75 Å². The first-order chi connectivity index (χ1) is 10.2. The fraction of sp³-hybridized carbons (Fsp3) is 0.467. The lowest BCUT2D eigenvalue weighted by Gasteiger charge is -2.16. The van der Waals surface area contributed by atoms with E-state index in [1.165, 1.54) is 0 Å². The summed E-state index contributed by atoms with van der Waals surface area (Å²) in [6, 6.07) is 6.92. The minimum atomic E-state index is -1.10. The van der Waals surface area contributed by atoms with Crippen LogP contribution in [0.25, 0.3) is 0 Å². The molecule has 22 heavy (non-hydrogen) atoms. The Morgan fingerprint density at radius 3 is 2.59 bits per heavy atom. The van der Waals surface area contributed by atoms with Crippen molar-refractivity contribution in [3.63, 3.8) is 0 Å². The zero-order chi connectivity index (χ0) is 16.5. The number of nitrogens with one attached hydrogen (secondary N) is 1. The number of alkyl halides is 2. The highest BCUT2D eigenvalue weighted by atomic mass is 35.5. The number of hydrogen-bond donors (Lipinski definition) is 1. The second kappa shape index (κ2) is 6.26. The molecule has 120 valence electrons. The fourth-order valence-electron chi connectivity index (χ4n) is 2.05. The van der Waals surface area contributed by atoms with E-state index in [2.05, 4.69) is 5.32 Å². The SMILES string of the molecule is C[C@@H](NC(=O)COC(=O)[C@@]1(C)CC1(Cl)Cl)c1cccc(Cl)c1.